The number of likely N-dealkylation sites (N-methyl/N-ethyl adjacent to an activating group) is 1. The summed E-state index contributed by atoms with van der Waals surface area (Å²) in [4.78, 5) is 5.97. The van der Waals surface area contributed by atoms with Crippen molar-refractivity contribution < 1.29 is 4.39 Å². The fraction of sp³-hybridized carbons (Fsp3) is 0.545. The lowest BCUT2D eigenvalue weighted by molar-refractivity contribution is 0.449. The van der Waals surface area contributed by atoms with Crippen LogP contribution in [0.25, 0.3) is 0 Å². The van der Waals surface area contributed by atoms with Gasteiger partial charge >= 0.3 is 0 Å². The van der Waals surface area contributed by atoms with Crippen molar-refractivity contribution in [3.63, 3.8) is 0 Å². The number of halogens is 2. The smallest absolute Gasteiger partial charge is 0.164 e. The van der Waals surface area contributed by atoms with Crippen molar-refractivity contribution in [2.24, 2.45) is 0 Å². The van der Waals surface area contributed by atoms with Crippen LogP contribution in [0.4, 0.5) is 10.1 Å². The Labute approximate surface area is 99.6 Å². The van der Waals surface area contributed by atoms with Crippen LogP contribution in [0.3, 0.4) is 0 Å². The molecule has 0 bridgehead atoms. The van der Waals surface area contributed by atoms with Crippen LogP contribution in [0, 0.1) is 5.82 Å². The lowest BCUT2D eigenvalue weighted by Gasteiger charge is -2.34. The molecule has 1 atom stereocenters. The Morgan fingerprint density at radius 1 is 1.62 bits per heavy atom. The minimum absolute atomic E-state index is 0.0640. The first-order valence-electron chi connectivity index (χ1n) is 5.44. The molecule has 1 aliphatic rings. The molecular formula is C11H15ClFN3. The molecule has 0 amide bonds. The summed E-state index contributed by atoms with van der Waals surface area (Å²) in [5, 5.41) is 3.18. The van der Waals surface area contributed by atoms with Crippen LogP contribution in [-0.4, -0.2) is 31.2 Å². The molecule has 1 aliphatic heterocycles. The van der Waals surface area contributed by atoms with Gasteiger partial charge in [-0.3, -0.25) is 0 Å². The summed E-state index contributed by atoms with van der Waals surface area (Å²) in [6.45, 7) is 1.83. The summed E-state index contributed by atoms with van der Waals surface area (Å²) >= 11 is 5.56. The molecule has 1 saturated heterocycles. The second kappa shape index (κ2) is 4.97. The highest BCUT2D eigenvalue weighted by molar-refractivity contribution is 6.29. The first-order valence-corrected chi connectivity index (χ1v) is 5.81. The van der Waals surface area contributed by atoms with Gasteiger partial charge in [0.15, 0.2) is 11.0 Å². The molecule has 3 nitrogen and oxygen atoms in total. The molecule has 1 aromatic heterocycles. The molecule has 2 rings (SSSR count). The molecule has 0 spiro atoms. The number of pyridine rings is 1. The van der Waals surface area contributed by atoms with Gasteiger partial charge in [-0.15, -0.1) is 0 Å². The maximum absolute atomic E-state index is 13.3. The molecule has 2 heterocycles. The fourth-order valence-electron chi connectivity index (χ4n) is 2.03. The molecule has 5 heteroatoms. The Morgan fingerprint density at radius 3 is 3.12 bits per heavy atom. The fourth-order valence-corrected chi connectivity index (χ4v) is 2.13. The molecule has 1 N–H and O–H groups in total. The topological polar surface area (TPSA) is 28.2 Å². The Morgan fingerprint density at radius 2 is 2.44 bits per heavy atom. The van der Waals surface area contributed by atoms with Gasteiger partial charge in [0.05, 0.1) is 11.9 Å². The molecule has 1 fully saturated rings. The van der Waals surface area contributed by atoms with E-state index < -0.39 is 5.82 Å². The van der Waals surface area contributed by atoms with Crippen LogP contribution < -0.4 is 10.2 Å². The first kappa shape index (κ1) is 11.6. The van der Waals surface area contributed by atoms with Crippen molar-refractivity contribution in [1.29, 1.82) is 0 Å². The molecule has 0 radical (unpaired) electrons. The van der Waals surface area contributed by atoms with Crippen LogP contribution in [-0.2, 0) is 0 Å². The predicted molar refractivity (Wildman–Crippen MR) is 63.5 cm³/mol. The van der Waals surface area contributed by atoms with E-state index in [1.54, 1.807) is 6.20 Å². The van der Waals surface area contributed by atoms with E-state index in [2.05, 4.69) is 15.2 Å². The van der Waals surface area contributed by atoms with Crippen molar-refractivity contribution >= 4 is 17.3 Å². The number of aromatic nitrogens is 1. The molecule has 1 unspecified atom stereocenters. The Hall–Kier alpha value is -0.870. The van der Waals surface area contributed by atoms with E-state index in [4.69, 9.17) is 11.6 Å². The van der Waals surface area contributed by atoms with E-state index in [-0.39, 0.29) is 5.15 Å². The Bertz CT molecular complexity index is 372. The van der Waals surface area contributed by atoms with Crippen LogP contribution in [0.2, 0.25) is 5.15 Å². The average Bonchev–Trinajstić information content (AvgIpc) is 2.33. The van der Waals surface area contributed by atoms with Gasteiger partial charge in [-0.05, 0) is 19.9 Å². The van der Waals surface area contributed by atoms with Gasteiger partial charge in [0.2, 0.25) is 0 Å². The highest BCUT2D eigenvalue weighted by Gasteiger charge is 2.19. The van der Waals surface area contributed by atoms with Gasteiger partial charge in [-0.2, -0.15) is 0 Å². The zero-order chi connectivity index (χ0) is 11.5. The van der Waals surface area contributed by atoms with Gasteiger partial charge in [-0.25, -0.2) is 9.37 Å². The van der Waals surface area contributed by atoms with Crippen LogP contribution in [0.1, 0.15) is 12.8 Å². The van der Waals surface area contributed by atoms with Crippen molar-refractivity contribution in [3.8, 4) is 0 Å². The van der Waals surface area contributed by atoms with Gasteiger partial charge in [0, 0.05) is 25.2 Å². The summed E-state index contributed by atoms with van der Waals surface area (Å²) < 4.78 is 13.3. The highest BCUT2D eigenvalue weighted by atomic mass is 35.5. The standard InChI is InChI=1S/C11H15ClFN3/c1-14-8-3-2-4-16(7-8)9-5-10(13)11(12)15-6-9/h5-6,8,14H,2-4,7H2,1H3. The lowest BCUT2D eigenvalue weighted by Crippen LogP contribution is -2.44. The van der Waals surface area contributed by atoms with E-state index in [0.29, 0.717) is 6.04 Å². The third kappa shape index (κ3) is 2.44. The number of nitrogens with one attached hydrogen (secondary N) is 1. The minimum Gasteiger partial charge on any atom is -0.369 e. The number of rotatable bonds is 2. The van der Waals surface area contributed by atoms with Gasteiger partial charge in [-0.1, -0.05) is 11.6 Å². The van der Waals surface area contributed by atoms with Crippen molar-refractivity contribution in [2.45, 2.75) is 18.9 Å². The molecule has 0 saturated carbocycles. The number of hydrogen-bond acceptors (Lipinski definition) is 3. The second-order valence-corrected chi connectivity index (χ2v) is 4.40. The molecular weight excluding hydrogens is 229 g/mol. The van der Waals surface area contributed by atoms with E-state index >= 15 is 0 Å². The third-order valence-electron chi connectivity index (χ3n) is 2.98. The highest BCUT2D eigenvalue weighted by Crippen LogP contribution is 2.22. The SMILES string of the molecule is CNC1CCCN(c2cnc(Cl)c(F)c2)C1. The maximum Gasteiger partial charge on any atom is 0.164 e. The van der Waals surface area contributed by atoms with E-state index in [0.717, 1.165) is 31.6 Å². The molecule has 88 valence electrons. The van der Waals surface area contributed by atoms with Crippen molar-refractivity contribution in [2.75, 3.05) is 25.0 Å². The predicted octanol–water partition coefficient (Wildman–Crippen LogP) is 2.06. The first-order chi connectivity index (χ1) is 7.70. The van der Waals surface area contributed by atoms with Crippen LogP contribution in [0.15, 0.2) is 12.3 Å². The number of hydrogen-bond donors (Lipinski definition) is 1. The van der Waals surface area contributed by atoms with E-state index in [9.17, 15) is 4.39 Å². The Kier molecular flexibility index (Phi) is 3.61. The molecule has 16 heavy (non-hydrogen) atoms. The summed E-state index contributed by atoms with van der Waals surface area (Å²) in [6.07, 6.45) is 3.90. The monoisotopic (exact) mass is 243 g/mol. The zero-order valence-corrected chi connectivity index (χ0v) is 9.97. The average molecular weight is 244 g/mol. The number of nitrogens with zero attached hydrogens (tertiary/aromatic N) is 2. The quantitative estimate of drug-likeness (QED) is 0.806. The molecule has 0 aromatic carbocycles. The van der Waals surface area contributed by atoms with Gasteiger partial charge in [0.1, 0.15) is 0 Å². The largest absolute Gasteiger partial charge is 0.369 e. The summed E-state index contributed by atoms with van der Waals surface area (Å²) in [6, 6.07) is 1.92. The molecule has 0 aliphatic carbocycles. The third-order valence-corrected chi connectivity index (χ3v) is 3.25. The summed E-state index contributed by atoms with van der Waals surface area (Å²) in [5.41, 5.74) is 0.807. The number of piperidine rings is 1. The molecule has 1 aromatic rings. The second-order valence-electron chi connectivity index (χ2n) is 4.04. The minimum atomic E-state index is -0.453. The zero-order valence-electron chi connectivity index (χ0n) is 9.21. The van der Waals surface area contributed by atoms with Gasteiger partial charge in [0.25, 0.3) is 0 Å². The number of anilines is 1. The van der Waals surface area contributed by atoms with Gasteiger partial charge < -0.3 is 10.2 Å². The Balaban J connectivity index is 2.13. The summed E-state index contributed by atoms with van der Waals surface area (Å²) in [7, 11) is 1.95. The van der Waals surface area contributed by atoms with Crippen molar-refractivity contribution in [1.82, 2.24) is 10.3 Å². The van der Waals surface area contributed by atoms with Crippen LogP contribution in [0.5, 0.6) is 0 Å². The normalized spacial score (nSPS) is 21.2. The van der Waals surface area contributed by atoms with Crippen molar-refractivity contribution in [3.05, 3.63) is 23.2 Å². The van der Waals surface area contributed by atoms with E-state index in [1.807, 2.05) is 7.05 Å². The lowest BCUT2D eigenvalue weighted by atomic mass is 10.1. The summed E-state index contributed by atoms with van der Waals surface area (Å²) in [5.74, 6) is -0.453. The van der Waals surface area contributed by atoms with E-state index in [1.165, 1.54) is 6.07 Å². The van der Waals surface area contributed by atoms with Crippen LogP contribution >= 0.6 is 11.6 Å². The maximum atomic E-state index is 13.3.